The third kappa shape index (κ3) is 2.53. The molecule has 0 aliphatic carbocycles. The lowest BCUT2D eigenvalue weighted by atomic mass is 9.86. The molecule has 0 aliphatic rings. The Balaban J connectivity index is 2.26. The van der Waals surface area contributed by atoms with Crippen molar-refractivity contribution in [3.63, 3.8) is 0 Å². The molecule has 84 valence electrons. The molecule has 1 aromatic carbocycles. The zero-order chi connectivity index (χ0) is 11.6. The second-order valence-corrected chi connectivity index (χ2v) is 6.17. The Labute approximate surface area is 102 Å². The topological polar surface area (TPSA) is 0 Å². The molecule has 0 saturated heterocycles. The van der Waals surface area contributed by atoms with Gasteiger partial charge in [0, 0.05) is 11.3 Å². The summed E-state index contributed by atoms with van der Waals surface area (Å²) in [4.78, 5) is 1.50. The van der Waals surface area contributed by atoms with Gasteiger partial charge in [0.2, 0.25) is 0 Å². The molecule has 0 amide bonds. The highest BCUT2D eigenvalue weighted by molar-refractivity contribution is 7.10. The van der Waals surface area contributed by atoms with Crippen molar-refractivity contribution >= 4 is 11.3 Å². The number of hydrogen-bond acceptors (Lipinski definition) is 1. The molecule has 0 N–H and O–H groups in total. The van der Waals surface area contributed by atoms with E-state index in [1.54, 1.807) is 0 Å². The van der Waals surface area contributed by atoms with Crippen LogP contribution in [0.25, 0.3) is 0 Å². The first kappa shape index (κ1) is 11.4. The molecule has 0 nitrogen and oxygen atoms in total. The van der Waals surface area contributed by atoms with Crippen LogP contribution in [0, 0.1) is 0 Å². The molecular weight excluding hydrogens is 212 g/mol. The summed E-state index contributed by atoms with van der Waals surface area (Å²) in [5.41, 5.74) is 3.14. The molecule has 0 fully saturated rings. The van der Waals surface area contributed by atoms with Crippen LogP contribution in [0.3, 0.4) is 0 Å². The van der Waals surface area contributed by atoms with Crippen LogP contribution in [0.2, 0.25) is 0 Å². The summed E-state index contributed by atoms with van der Waals surface area (Å²) in [6.07, 6.45) is 1.06. The zero-order valence-corrected chi connectivity index (χ0v) is 11.0. The van der Waals surface area contributed by atoms with Crippen molar-refractivity contribution in [1.82, 2.24) is 0 Å². The summed E-state index contributed by atoms with van der Waals surface area (Å²) >= 11 is 1.87. The normalized spacial score (nSPS) is 11.7. The second-order valence-electron chi connectivity index (χ2n) is 5.17. The zero-order valence-electron chi connectivity index (χ0n) is 10.2. The lowest BCUT2D eigenvalue weighted by molar-refractivity contribution is 0.588. The number of rotatable bonds is 2. The molecule has 2 aromatic rings. The van der Waals surface area contributed by atoms with Crippen LogP contribution >= 0.6 is 11.3 Å². The highest BCUT2D eigenvalue weighted by Gasteiger charge is 2.18. The van der Waals surface area contributed by atoms with E-state index in [1.807, 2.05) is 11.3 Å². The van der Waals surface area contributed by atoms with E-state index >= 15 is 0 Å². The van der Waals surface area contributed by atoms with E-state index in [2.05, 4.69) is 62.5 Å². The molecule has 1 heterocycles. The van der Waals surface area contributed by atoms with Gasteiger partial charge in [0.25, 0.3) is 0 Å². The summed E-state index contributed by atoms with van der Waals surface area (Å²) < 4.78 is 0. The van der Waals surface area contributed by atoms with Gasteiger partial charge in [0.1, 0.15) is 0 Å². The predicted octanol–water partition coefficient (Wildman–Crippen LogP) is 4.64. The Bertz CT molecular complexity index is 446. The summed E-state index contributed by atoms with van der Waals surface area (Å²) in [6.45, 7) is 6.84. The largest absolute Gasteiger partial charge is 0.148 e. The van der Waals surface area contributed by atoms with Gasteiger partial charge in [-0.15, -0.1) is 11.3 Å². The van der Waals surface area contributed by atoms with E-state index in [9.17, 15) is 0 Å². The van der Waals surface area contributed by atoms with Gasteiger partial charge >= 0.3 is 0 Å². The maximum absolute atomic E-state index is 2.28. The fourth-order valence-corrected chi connectivity index (χ4v) is 3.05. The Morgan fingerprint density at radius 1 is 1.00 bits per heavy atom. The molecule has 1 heteroatoms. The van der Waals surface area contributed by atoms with Crippen LogP contribution in [0.15, 0.2) is 41.8 Å². The minimum atomic E-state index is 0.254. The Kier molecular flexibility index (Phi) is 3.15. The molecule has 0 saturated carbocycles. The van der Waals surface area contributed by atoms with Gasteiger partial charge in [0.15, 0.2) is 0 Å². The monoisotopic (exact) mass is 230 g/mol. The van der Waals surface area contributed by atoms with Crippen molar-refractivity contribution in [3.8, 4) is 0 Å². The number of thiophene rings is 1. The van der Waals surface area contributed by atoms with Gasteiger partial charge in [-0.1, -0.05) is 51.1 Å². The van der Waals surface area contributed by atoms with Gasteiger partial charge in [-0.25, -0.2) is 0 Å². The van der Waals surface area contributed by atoms with E-state index in [0.29, 0.717) is 0 Å². The number of hydrogen-bond donors (Lipinski definition) is 0. The summed E-state index contributed by atoms with van der Waals surface area (Å²) in [5.74, 6) is 0. The lowest BCUT2D eigenvalue weighted by Gasteiger charge is -2.19. The van der Waals surface area contributed by atoms with Crippen LogP contribution < -0.4 is 0 Å². The van der Waals surface area contributed by atoms with E-state index < -0.39 is 0 Å². The maximum Gasteiger partial charge on any atom is 0.0126 e. The van der Waals surface area contributed by atoms with E-state index in [0.717, 1.165) is 6.42 Å². The Morgan fingerprint density at radius 3 is 2.31 bits per heavy atom. The minimum absolute atomic E-state index is 0.254. The first-order chi connectivity index (χ1) is 7.57. The Morgan fingerprint density at radius 2 is 1.69 bits per heavy atom. The quantitative estimate of drug-likeness (QED) is 0.705. The van der Waals surface area contributed by atoms with Crippen LogP contribution in [0.1, 0.15) is 36.8 Å². The molecule has 0 aliphatic heterocycles. The molecule has 2 rings (SSSR count). The number of benzene rings is 1. The van der Waals surface area contributed by atoms with Gasteiger partial charge in [-0.3, -0.25) is 0 Å². The van der Waals surface area contributed by atoms with Crippen LogP contribution in [-0.2, 0) is 11.8 Å². The summed E-state index contributed by atoms with van der Waals surface area (Å²) in [6, 6.07) is 13.0. The van der Waals surface area contributed by atoms with Crippen LogP contribution in [-0.4, -0.2) is 0 Å². The highest BCUT2D eigenvalue weighted by Crippen LogP contribution is 2.31. The molecule has 0 bridgehead atoms. The smallest absolute Gasteiger partial charge is 0.0126 e. The van der Waals surface area contributed by atoms with Gasteiger partial charge in [-0.2, -0.15) is 0 Å². The van der Waals surface area contributed by atoms with Crippen molar-refractivity contribution in [1.29, 1.82) is 0 Å². The third-order valence-electron chi connectivity index (χ3n) is 2.76. The fourth-order valence-electron chi connectivity index (χ4n) is 1.93. The molecule has 0 atom stereocenters. The minimum Gasteiger partial charge on any atom is -0.148 e. The molecule has 16 heavy (non-hydrogen) atoms. The SMILES string of the molecule is CC(C)(C)c1ccsc1Cc1ccccc1. The van der Waals surface area contributed by atoms with Crippen molar-refractivity contribution in [2.24, 2.45) is 0 Å². The maximum atomic E-state index is 2.28. The first-order valence-electron chi connectivity index (χ1n) is 5.68. The predicted molar refractivity (Wildman–Crippen MR) is 72.3 cm³/mol. The van der Waals surface area contributed by atoms with E-state index in [4.69, 9.17) is 0 Å². The second kappa shape index (κ2) is 4.42. The Hall–Kier alpha value is -1.08. The molecular formula is C15H18S. The van der Waals surface area contributed by atoms with Gasteiger partial charge in [-0.05, 0) is 28.0 Å². The molecule has 1 aromatic heterocycles. The molecule has 0 spiro atoms. The average Bonchev–Trinajstić information content (AvgIpc) is 2.67. The van der Waals surface area contributed by atoms with Crippen LogP contribution in [0.4, 0.5) is 0 Å². The molecule has 0 unspecified atom stereocenters. The molecule has 0 radical (unpaired) electrons. The summed E-state index contributed by atoms with van der Waals surface area (Å²) in [7, 11) is 0. The van der Waals surface area contributed by atoms with Gasteiger partial charge in [0.05, 0.1) is 0 Å². The van der Waals surface area contributed by atoms with Crippen LogP contribution in [0.5, 0.6) is 0 Å². The van der Waals surface area contributed by atoms with Crippen molar-refractivity contribution in [2.75, 3.05) is 0 Å². The van der Waals surface area contributed by atoms with Crippen molar-refractivity contribution in [2.45, 2.75) is 32.6 Å². The van der Waals surface area contributed by atoms with E-state index in [-0.39, 0.29) is 5.41 Å². The van der Waals surface area contributed by atoms with E-state index in [1.165, 1.54) is 16.0 Å². The van der Waals surface area contributed by atoms with Crippen molar-refractivity contribution < 1.29 is 0 Å². The van der Waals surface area contributed by atoms with Gasteiger partial charge < -0.3 is 0 Å². The third-order valence-corrected chi connectivity index (χ3v) is 3.68. The standard InChI is InChI=1S/C15H18S/c1-15(2,3)13-9-10-16-14(13)11-12-7-5-4-6-8-12/h4-10H,11H2,1-3H3. The van der Waals surface area contributed by atoms with Crippen molar-refractivity contribution in [3.05, 3.63) is 57.8 Å². The lowest BCUT2D eigenvalue weighted by Crippen LogP contribution is -2.12. The average molecular weight is 230 g/mol. The summed E-state index contributed by atoms with van der Waals surface area (Å²) in [5, 5.41) is 2.21. The highest BCUT2D eigenvalue weighted by atomic mass is 32.1. The first-order valence-corrected chi connectivity index (χ1v) is 6.56. The fraction of sp³-hybridized carbons (Fsp3) is 0.333.